The van der Waals surface area contributed by atoms with E-state index in [1.807, 2.05) is 31.2 Å². The molecule has 1 atom stereocenters. The van der Waals surface area contributed by atoms with Crippen LogP contribution in [0.25, 0.3) is 0 Å². The van der Waals surface area contributed by atoms with Gasteiger partial charge in [0.1, 0.15) is 12.4 Å². The zero-order chi connectivity index (χ0) is 13.5. The molecule has 0 bridgehead atoms. The molecule has 0 aromatic heterocycles. The second-order valence-corrected chi connectivity index (χ2v) is 4.97. The lowest BCUT2D eigenvalue weighted by molar-refractivity contribution is -0.147. The first kappa shape index (κ1) is 14.6. The van der Waals surface area contributed by atoms with Gasteiger partial charge in [-0.2, -0.15) is 0 Å². The van der Waals surface area contributed by atoms with Crippen LogP contribution in [-0.4, -0.2) is 19.7 Å². The molecular weight excluding hydrogens is 228 g/mol. The molecule has 0 aliphatic heterocycles. The molecule has 1 aromatic rings. The van der Waals surface area contributed by atoms with Crippen molar-refractivity contribution in [2.75, 3.05) is 13.7 Å². The number of hydrogen-bond donors (Lipinski definition) is 0. The topological polar surface area (TPSA) is 35.5 Å². The second-order valence-electron chi connectivity index (χ2n) is 4.97. The molecule has 1 rings (SSSR count). The van der Waals surface area contributed by atoms with E-state index in [0.29, 0.717) is 12.5 Å². The van der Waals surface area contributed by atoms with E-state index in [4.69, 9.17) is 9.47 Å². The highest BCUT2D eigenvalue weighted by molar-refractivity contribution is 5.72. The van der Waals surface area contributed by atoms with Crippen molar-refractivity contribution in [3.63, 3.8) is 0 Å². The summed E-state index contributed by atoms with van der Waals surface area (Å²) in [6.07, 6.45) is 0.776. The van der Waals surface area contributed by atoms with E-state index in [1.54, 1.807) is 0 Å². The minimum atomic E-state index is -0.198. The molecule has 0 spiro atoms. The third-order valence-electron chi connectivity index (χ3n) is 2.76. The van der Waals surface area contributed by atoms with Crippen LogP contribution in [-0.2, 0) is 9.53 Å². The SMILES string of the molecule is COC(=O)C(COc1ccc(C)cc1)CC(C)C. The van der Waals surface area contributed by atoms with Crippen molar-refractivity contribution in [2.24, 2.45) is 11.8 Å². The van der Waals surface area contributed by atoms with Crippen LogP contribution in [0.3, 0.4) is 0 Å². The van der Waals surface area contributed by atoms with Crippen molar-refractivity contribution in [2.45, 2.75) is 27.2 Å². The first-order valence-corrected chi connectivity index (χ1v) is 6.30. The number of rotatable bonds is 6. The highest BCUT2D eigenvalue weighted by atomic mass is 16.5. The van der Waals surface area contributed by atoms with E-state index in [1.165, 1.54) is 12.7 Å². The fourth-order valence-electron chi connectivity index (χ4n) is 1.80. The first-order valence-electron chi connectivity index (χ1n) is 6.30. The summed E-state index contributed by atoms with van der Waals surface area (Å²) in [7, 11) is 1.42. The summed E-state index contributed by atoms with van der Waals surface area (Å²) < 4.78 is 10.4. The lowest BCUT2D eigenvalue weighted by Gasteiger charge is -2.17. The minimum absolute atomic E-state index is 0.198. The van der Waals surface area contributed by atoms with Crippen molar-refractivity contribution >= 4 is 5.97 Å². The van der Waals surface area contributed by atoms with E-state index < -0.39 is 0 Å². The summed E-state index contributed by atoms with van der Waals surface area (Å²) in [4.78, 5) is 11.6. The van der Waals surface area contributed by atoms with Crippen LogP contribution in [0.5, 0.6) is 5.75 Å². The smallest absolute Gasteiger partial charge is 0.312 e. The zero-order valence-electron chi connectivity index (χ0n) is 11.6. The van der Waals surface area contributed by atoms with Crippen molar-refractivity contribution in [1.82, 2.24) is 0 Å². The van der Waals surface area contributed by atoms with E-state index in [-0.39, 0.29) is 11.9 Å². The molecule has 0 aliphatic carbocycles. The Kier molecular flexibility index (Phi) is 5.69. The van der Waals surface area contributed by atoms with E-state index in [2.05, 4.69) is 13.8 Å². The van der Waals surface area contributed by atoms with Gasteiger partial charge in [0.2, 0.25) is 0 Å². The summed E-state index contributed by atoms with van der Waals surface area (Å²) in [6, 6.07) is 7.81. The third kappa shape index (κ3) is 4.78. The molecule has 18 heavy (non-hydrogen) atoms. The Labute approximate surface area is 109 Å². The van der Waals surface area contributed by atoms with Gasteiger partial charge in [0, 0.05) is 0 Å². The molecule has 100 valence electrons. The number of carbonyl (C=O) groups excluding carboxylic acids is 1. The fraction of sp³-hybridized carbons (Fsp3) is 0.533. The molecule has 0 N–H and O–H groups in total. The van der Waals surface area contributed by atoms with Crippen LogP contribution in [0.15, 0.2) is 24.3 Å². The van der Waals surface area contributed by atoms with E-state index in [9.17, 15) is 4.79 Å². The van der Waals surface area contributed by atoms with Gasteiger partial charge in [-0.15, -0.1) is 0 Å². The van der Waals surface area contributed by atoms with Gasteiger partial charge in [-0.25, -0.2) is 0 Å². The lowest BCUT2D eigenvalue weighted by atomic mass is 9.98. The standard InChI is InChI=1S/C15H22O3/c1-11(2)9-13(15(16)17-4)10-18-14-7-5-12(3)6-8-14/h5-8,11,13H,9-10H2,1-4H3. The number of aryl methyl sites for hydroxylation is 1. The predicted octanol–water partition coefficient (Wildman–Crippen LogP) is 3.21. The van der Waals surface area contributed by atoms with Gasteiger partial charge in [-0.3, -0.25) is 4.79 Å². The highest BCUT2D eigenvalue weighted by Gasteiger charge is 2.21. The van der Waals surface area contributed by atoms with Crippen LogP contribution in [0.2, 0.25) is 0 Å². The van der Waals surface area contributed by atoms with Crippen LogP contribution in [0, 0.1) is 18.8 Å². The molecule has 1 aromatic carbocycles. The van der Waals surface area contributed by atoms with Gasteiger partial charge >= 0.3 is 5.97 Å². The van der Waals surface area contributed by atoms with Crippen LogP contribution < -0.4 is 4.74 Å². The zero-order valence-corrected chi connectivity index (χ0v) is 11.6. The van der Waals surface area contributed by atoms with E-state index >= 15 is 0 Å². The Morgan fingerprint density at radius 1 is 1.22 bits per heavy atom. The summed E-state index contributed by atoms with van der Waals surface area (Å²) in [5.74, 6) is 0.834. The van der Waals surface area contributed by atoms with Crippen molar-refractivity contribution in [3.8, 4) is 5.75 Å². The van der Waals surface area contributed by atoms with Gasteiger partial charge in [0.25, 0.3) is 0 Å². The van der Waals surface area contributed by atoms with Crippen molar-refractivity contribution in [3.05, 3.63) is 29.8 Å². The second kappa shape index (κ2) is 7.04. The minimum Gasteiger partial charge on any atom is -0.493 e. The van der Waals surface area contributed by atoms with Gasteiger partial charge in [-0.05, 0) is 31.4 Å². The Bertz CT molecular complexity index is 368. The Hall–Kier alpha value is -1.51. The molecule has 0 radical (unpaired) electrons. The molecular formula is C15H22O3. The molecule has 0 fully saturated rings. The summed E-state index contributed by atoms with van der Waals surface area (Å²) in [5, 5.41) is 0. The Morgan fingerprint density at radius 3 is 2.33 bits per heavy atom. The molecule has 0 aliphatic rings. The van der Waals surface area contributed by atoms with Crippen LogP contribution >= 0.6 is 0 Å². The molecule has 0 amide bonds. The number of carbonyl (C=O) groups is 1. The number of esters is 1. The van der Waals surface area contributed by atoms with Gasteiger partial charge in [-0.1, -0.05) is 31.5 Å². The summed E-state index contributed by atoms with van der Waals surface area (Å²) in [6.45, 7) is 6.57. The number of benzene rings is 1. The summed E-state index contributed by atoms with van der Waals surface area (Å²) >= 11 is 0. The normalized spacial score (nSPS) is 12.3. The molecule has 0 heterocycles. The van der Waals surface area contributed by atoms with Crippen molar-refractivity contribution < 1.29 is 14.3 Å². The average molecular weight is 250 g/mol. The quantitative estimate of drug-likeness (QED) is 0.727. The van der Waals surface area contributed by atoms with Crippen LogP contribution in [0.1, 0.15) is 25.8 Å². The number of methoxy groups -OCH3 is 1. The molecule has 3 nitrogen and oxygen atoms in total. The summed E-state index contributed by atoms with van der Waals surface area (Å²) in [5.41, 5.74) is 1.19. The molecule has 3 heteroatoms. The largest absolute Gasteiger partial charge is 0.493 e. The lowest BCUT2D eigenvalue weighted by Crippen LogP contribution is -2.24. The maximum atomic E-state index is 11.6. The Morgan fingerprint density at radius 2 is 1.83 bits per heavy atom. The van der Waals surface area contributed by atoms with E-state index in [0.717, 1.165) is 12.2 Å². The first-order chi connectivity index (χ1) is 8.52. The highest BCUT2D eigenvalue weighted by Crippen LogP contribution is 2.17. The molecule has 1 unspecified atom stereocenters. The Balaban J connectivity index is 2.55. The third-order valence-corrected chi connectivity index (χ3v) is 2.76. The number of hydrogen-bond acceptors (Lipinski definition) is 3. The van der Waals surface area contributed by atoms with Gasteiger partial charge in [0.05, 0.1) is 13.0 Å². The maximum Gasteiger partial charge on any atom is 0.312 e. The average Bonchev–Trinajstić information content (AvgIpc) is 2.35. The van der Waals surface area contributed by atoms with Gasteiger partial charge in [0.15, 0.2) is 0 Å². The monoisotopic (exact) mass is 250 g/mol. The molecule has 0 saturated heterocycles. The predicted molar refractivity (Wildman–Crippen MR) is 71.6 cm³/mol. The fourth-order valence-corrected chi connectivity index (χ4v) is 1.80. The maximum absolute atomic E-state index is 11.6. The van der Waals surface area contributed by atoms with Gasteiger partial charge < -0.3 is 9.47 Å². The number of ether oxygens (including phenoxy) is 2. The van der Waals surface area contributed by atoms with Crippen LogP contribution in [0.4, 0.5) is 0 Å². The van der Waals surface area contributed by atoms with Crippen molar-refractivity contribution in [1.29, 1.82) is 0 Å². The molecule has 0 saturated carbocycles.